The van der Waals surface area contributed by atoms with Gasteiger partial charge in [0, 0.05) is 31.6 Å². The molecular weight excluding hydrogens is 412 g/mol. The van der Waals surface area contributed by atoms with E-state index in [0.29, 0.717) is 31.6 Å². The molecule has 4 heteroatoms. The van der Waals surface area contributed by atoms with E-state index in [0.717, 1.165) is 49.7 Å². The molecule has 0 aromatic heterocycles. The predicted octanol–water partition coefficient (Wildman–Crippen LogP) is 7.00. The topological polar surface area (TPSA) is 68.3 Å². The molecule has 0 amide bonds. The molecule has 4 nitrogen and oxygen atoms in total. The number of carbonyl (C=O) groups is 4. The summed E-state index contributed by atoms with van der Waals surface area (Å²) in [4.78, 5) is 49.5. The molecule has 1 aliphatic carbocycles. The molecule has 0 saturated carbocycles. The van der Waals surface area contributed by atoms with Crippen LogP contribution in [0.25, 0.3) is 0 Å². The van der Waals surface area contributed by atoms with Gasteiger partial charge in [0.05, 0.1) is 6.42 Å². The molecule has 0 N–H and O–H groups in total. The van der Waals surface area contributed by atoms with E-state index in [4.69, 9.17) is 0 Å². The molecule has 0 saturated heterocycles. The van der Waals surface area contributed by atoms with E-state index in [9.17, 15) is 19.2 Å². The van der Waals surface area contributed by atoms with Crippen molar-refractivity contribution in [2.24, 2.45) is 23.7 Å². The Morgan fingerprint density at radius 1 is 1.12 bits per heavy atom. The second-order valence-corrected chi connectivity index (χ2v) is 10.6. The van der Waals surface area contributed by atoms with Crippen LogP contribution < -0.4 is 0 Å². The smallest absolute Gasteiger partial charge is 0.143 e. The zero-order chi connectivity index (χ0) is 25.0. The fraction of sp³-hybridized carbons (Fsp3) is 0.724. The first-order valence-electron chi connectivity index (χ1n) is 13.0. The van der Waals surface area contributed by atoms with E-state index in [1.807, 2.05) is 19.9 Å². The zero-order valence-electron chi connectivity index (χ0n) is 21.9. The minimum absolute atomic E-state index is 0.0111. The summed E-state index contributed by atoms with van der Waals surface area (Å²) in [5.74, 6) is 1.12. The summed E-state index contributed by atoms with van der Waals surface area (Å²) < 4.78 is 0. The highest BCUT2D eigenvalue weighted by molar-refractivity contribution is 5.99. The Labute approximate surface area is 201 Å². The van der Waals surface area contributed by atoms with E-state index in [-0.39, 0.29) is 47.3 Å². The minimum atomic E-state index is -0.122. The van der Waals surface area contributed by atoms with Gasteiger partial charge in [0.15, 0.2) is 0 Å². The van der Waals surface area contributed by atoms with Crippen LogP contribution in [0, 0.1) is 23.7 Å². The van der Waals surface area contributed by atoms with Crippen molar-refractivity contribution in [2.75, 3.05) is 0 Å². The van der Waals surface area contributed by atoms with Crippen LogP contribution in [0.1, 0.15) is 112 Å². The van der Waals surface area contributed by atoms with Gasteiger partial charge in [-0.25, -0.2) is 0 Å². The molecule has 3 atom stereocenters. The molecule has 0 spiro atoms. The van der Waals surface area contributed by atoms with E-state index < -0.39 is 0 Å². The number of hydrogen-bond acceptors (Lipinski definition) is 4. The molecule has 0 fully saturated rings. The van der Waals surface area contributed by atoms with Crippen molar-refractivity contribution >= 4 is 23.1 Å². The summed E-state index contributed by atoms with van der Waals surface area (Å²) in [6.07, 6.45) is 11.2. The lowest BCUT2D eigenvalue weighted by Gasteiger charge is -2.29. The average molecular weight is 459 g/mol. The zero-order valence-corrected chi connectivity index (χ0v) is 21.9. The summed E-state index contributed by atoms with van der Waals surface area (Å²) in [5.41, 5.74) is 2.17. The maximum atomic E-state index is 12.8. The van der Waals surface area contributed by atoms with Gasteiger partial charge in [-0.15, -0.1) is 0 Å². The SMILES string of the molecule is CCCC(CC1CC/C(CC(=O)CC(C)C)=C\C=C(\C)CC(=O)C1)C(CC)C(=O)CC(C)=O. The standard InChI is InChI=1S/C29H46O4/c1-7-9-25(28(8-2)29(33)16-22(6)30)17-24-13-12-23(18-26(31)14-20(3)4)11-10-21(5)15-27(32)19-24/h10-11,20,24-25,28H,7-9,12-19H2,1-6H3/b21-10-,23-11+. The average Bonchev–Trinajstić information content (AvgIpc) is 2.68. The van der Waals surface area contributed by atoms with Gasteiger partial charge in [0.25, 0.3) is 0 Å². The maximum absolute atomic E-state index is 12.8. The lowest BCUT2D eigenvalue weighted by Crippen LogP contribution is -2.27. The predicted molar refractivity (Wildman–Crippen MR) is 135 cm³/mol. The highest BCUT2D eigenvalue weighted by atomic mass is 16.1. The fourth-order valence-electron chi connectivity index (χ4n) is 5.21. The molecule has 0 aromatic rings. The number of carbonyl (C=O) groups excluding carboxylic acids is 4. The normalized spacial score (nSPS) is 22.6. The van der Waals surface area contributed by atoms with E-state index >= 15 is 0 Å². The van der Waals surface area contributed by atoms with Crippen molar-refractivity contribution in [3.05, 3.63) is 23.3 Å². The Kier molecular flexibility index (Phi) is 13.4. The van der Waals surface area contributed by atoms with E-state index in [1.54, 1.807) is 0 Å². The van der Waals surface area contributed by atoms with Crippen LogP contribution in [0.4, 0.5) is 0 Å². The van der Waals surface area contributed by atoms with Gasteiger partial charge in [-0.1, -0.05) is 63.8 Å². The van der Waals surface area contributed by atoms with Gasteiger partial charge in [-0.3, -0.25) is 19.2 Å². The third-order valence-corrected chi connectivity index (χ3v) is 6.67. The van der Waals surface area contributed by atoms with Crippen molar-refractivity contribution in [3.8, 4) is 0 Å². The summed E-state index contributed by atoms with van der Waals surface area (Å²) in [5, 5.41) is 0. The van der Waals surface area contributed by atoms with Crippen molar-refractivity contribution in [2.45, 2.75) is 112 Å². The van der Waals surface area contributed by atoms with Crippen LogP contribution in [0.5, 0.6) is 0 Å². The quantitative estimate of drug-likeness (QED) is 0.278. The molecule has 0 bridgehead atoms. The van der Waals surface area contributed by atoms with Gasteiger partial charge in [0.2, 0.25) is 0 Å². The molecule has 186 valence electrons. The van der Waals surface area contributed by atoms with E-state index in [1.165, 1.54) is 6.92 Å². The number of allylic oxidation sites excluding steroid dienone is 4. The first kappa shape index (κ1) is 29.2. The van der Waals surface area contributed by atoms with Gasteiger partial charge in [-0.05, 0) is 57.3 Å². The Morgan fingerprint density at radius 3 is 2.39 bits per heavy atom. The van der Waals surface area contributed by atoms with E-state index in [2.05, 4.69) is 26.8 Å². The lowest BCUT2D eigenvalue weighted by molar-refractivity contribution is -0.130. The summed E-state index contributed by atoms with van der Waals surface area (Å²) in [7, 11) is 0. The highest BCUT2D eigenvalue weighted by Gasteiger charge is 2.30. The first-order chi connectivity index (χ1) is 15.5. The minimum Gasteiger partial charge on any atom is -0.300 e. The summed E-state index contributed by atoms with van der Waals surface area (Å²) >= 11 is 0. The summed E-state index contributed by atoms with van der Waals surface area (Å²) in [6.45, 7) is 11.7. The van der Waals surface area contributed by atoms with Crippen molar-refractivity contribution < 1.29 is 19.2 Å². The third-order valence-electron chi connectivity index (χ3n) is 6.67. The molecule has 33 heavy (non-hydrogen) atoms. The molecule has 1 aliphatic rings. The Bertz CT molecular complexity index is 741. The van der Waals surface area contributed by atoms with Crippen LogP contribution in [-0.4, -0.2) is 23.1 Å². The number of ketones is 4. The van der Waals surface area contributed by atoms with Crippen LogP contribution >= 0.6 is 0 Å². The fourth-order valence-corrected chi connectivity index (χ4v) is 5.21. The second-order valence-electron chi connectivity index (χ2n) is 10.6. The second kappa shape index (κ2) is 15.1. The van der Waals surface area contributed by atoms with Gasteiger partial charge < -0.3 is 0 Å². The van der Waals surface area contributed by atoms with Crippen LogP contribution in [0.3, 0.4) is 0 Å². The summed E-state index contributed by atoms with van der Waals surface area (Å²) in [6, 6.07) is 0. The van der Waals surface area contributed by atoms with Gasteiger partial charge >= 0.3 is 0 Å². The van der Waals surface area contributed by atoms with Crippen molar-refractivity contribution in [1.82, 2.24) is 0 Å². The molecule has 0 radical (unpaired) electrons. The molecular formula is C29H46O4. The Morgan fingerprint density at radius 2 is 1.82 bits per heavy atom. The van der Waals surface area contributed by atoms with Crippen molar-refractivity contribution in [1.29, 1.82) is 0 Å². The van der Waals surface area contributed by atoms with Crippen molar-refractivity contribution in [3.63, 3.8) is 0 Å². The number of rotatable bonds is 13. The Balaban J connectivity index is 3.04. The van der Waals surface area contributed by atoms with Gasteiger partial charge in [0.1, 0.15) is 23.1 Å². The molecule has 0 aromatic carbocycles. The highest BCUT2D eigenvalue weighted by Crippen LogP contribution is 2.34. The van der Waals surface area contributed by atoms with Gasteiger partial charge in [-0.2, -0.15) is 0 Å². The molecule has 0 heterocycles. The molecule has 1 rings (SSSR count). The van der Waals surface area contributed by atoms with Crippen LogP contribution in [0.2, 0.25) is 0 Å². The molecule has 3 unspecified atom stereocenters. The molecule has 0 aliphatic heterocycles. The number of Topliss-reactive ketones (excluding diaryl/α,β-unsaturated/α-hetero) is 4. The first-order valence-corrected chi connectivity index (χ1v) is 13.0. The maximum Gasteiger partial charge on any atom is 0.143 e. The van der Waals surface area contributed by atoms with Crippen LogP contribution in [0.15, 0.2) is 23.3 Å². The lowest BCUT2D eigenvalue weighted by atomic mass is 9.74. The van der Waals surface area contributed by atoms with Crippen LogP contribution in [-0.2, 0) is 19.2 Å². The number of hydrogen-bond donors (Lipinski definition) is 0. The third kappa shape index (κ3) is 11.7. The Hall–Kier alpha value is -1.84. The largest absolute Gasteiger partial charge is 0.300 e. The monoisotopic (exact) mass is 458 g/mol.